The fraction of sp³-hybridized carbons (Fsp3) is 0.459. The molecule has 0 amide bonds. The molecule has 2 fully saturated rings. The molecule has 1 aliphatic carbocycles. The summed E-state index contributed by atoms with van der Waals surface area (Å²) >= 11 is 0. The molecule has 2 aromatic heterocycles. The number of carboxylic acids is 1. The Labute approximate surface area is 270 Å². The number of aliphatic carboxylic acids is 1. The van der Waals surface area contributed by atoms with Crippen LogP contribution in [0.1, 0.15) is 79.1 Å². The van der Waals surface area contributed by atoms with E-state index in [0.29, 0.717) is 36.8 Å². The first kappa shape index (κ1) is 31.4. The second-order valence-electron chi connectivity index (χ2n) is 13.7. The monoisotopic (exact) mass is 621 g/mol. The molecule has 9 nitrogen and oxygen atoms in total. The number of H-pyrrole nitrogens is 1. The first-order valence-electron chi connectivity index (χ1n) is 16.4. The number of fused-ring (bicyclic) bond motifs is 1. The van der Waals surface area contributed by atoms with E-state index in [1.807, 2.05) is 6.07 Å². The van der Waals surface area contributed by atoms with Crippen LogP contribution in [-0.2, 0) is 16.0 Å². The van der Waals surface area contributed by atoms with Crippen LogP contribution in [0.2, 0.25) is 0 Å². The number of rotatable bonds is 7. The number of carboxylic acid groups (broad SMARTS) is 1. The fourth-order valence-electron chi connectivity index (χ4n) is 7.72. The van der Waals surface area contributed by atoms with Crippen LogP contribution in [-0.4, -0.2) is 50.8 Å². The molecule has 6 rings (SSSR count). The number of esters is 1. The molecule has 0 radical (unpaired) electrons. The van der Waals surface area contributed by atoms with Gasteiger partial charge >= 0.3 is 11.9 Å². The average molecular weight is 622 g/mol. The maximum atomic E-state index is 13.6. The molecule has 1 saturated carbocycles. The molecule has 240 valence electrons. The molecule has 46 heavy (non-hydrogen) atoms. The topological polar surface area (TPSA) is 104 Å². The summed E-state index contributed by atoms with van der Waals surface area (Å²) in [4.78, 5) is 36.2. The van der Waals surface area contributed by atoms with Gasteiger partial charge in [-0.3, -0.25) is 14.4 Å². The Hall–Kier alpha value is -4.58. The quantitative estimate of drug-likeness (QED) is 0.163. The van der Waals surface area contributed by atoms with Gasteiger partial charge in [-0.1, -0.05) is 44.5 Å². The molecule has 2 aromatic carbocycles. The molecular formula is C37H43N5O4. The molecule has 3 atom stereocenters. The number of ether oxygens (including phenoxy) is 1. The van der Waals surface area contributed by atoms with Gasteiger partial charge in [0.25, 0.3) is 0 Å². The molecule has 4 aromatic rings. The number of aromatic nitrogens is 3. The molecular weight excluding hydrogens is 578 g/mol. The zero-order valence-electron chi connectivity index (χ0n) is 27.3. The third-order valence-corrected chi connectivity index (χ3v) is 9.99. The van der Waals surface area contributed by atoms with Crippen LogP contribution in [0.25, 0.3) is 21.9 Å². The summed E-state index contributed by atoms with van der Waals surface area (Å²) in [6.45, 7) is 19.7. The molecule has 3 heterocycles. The lowest BCUT2D eigenvalue weighted by Crippen LogP contribution is -2.39. The smallest absolute Gasteiger partial charge is 0.331 e. The van der Waals surface area contributed by atoms with Crippen LogP contribution < -0.4 is 4.90 Å². The summed E-state index contributed by atoms with van der Waals surface area (Å²) in [6.07, 6.45) is 5.60. The Kier molecular flexibility index (Phi) is 8.65. The molecule has 0 bridgehead atoms. The number of carbonyl (C=O) groups excluding carboxylic acids is 1. The molecule has 0 spiro atoms. The van der Waals surface area contributed by atoms with Crippen LogP contribution in [0.3, 0.4) is 0 Å². The number of nitrogens with one attached hydrogen (secondary N) is 1. The Morgan fingerprint density at radius 1 is 1.09 bits per heavy atom. The van der Waals surface area contributed by atoms with E-state index >= 15 is 0 Å². The minimum Gasteiger partial charge on any atom is -0.481 e. The maximum Gasteiger partial charge on any atom is 0.331 e. The van der Waals surface area contributed by atoms with E-state index in [4.69, 9.17) is 16.3 Å². The molecule has 2 aliphatic rings. The lowest BCUT2D eigenvalue weighted by molar-refractivity contribution is -0.141. The van der Waals surface area contributed by atoms with Crippen molar-refractivity contribution in [2.45, 2.75) is 72.8 Å². The van der Waals surface area contributed by atoms with Crippen molar-refractivity contribution in [2.24, 2.45) is 23.7 Å². The Balaban J connectivity index is 1.36. The standard InChI is InChI=1S/C37H43N5O4/c1-21-9-10-23(3)28(16-21)18-29-17-26(11-12-31(29)41-13-7-8-27(19-41)36(43)44)34-39-35-32(30(38-6)20-42(35)40-34)37(45)46-33-24(4)14-22(2)15-25(33)5/h9-12,16-17,20,22,24-25,27,33H,7-8,13-15,18-19H2,1-5H3,(H,39,40)(H,43,44). The van der Waals surface area contributed by atoms with Crippen molar-refractivity contribution in [1.82, 2.24) is 14.6 Å². The van der Waals surface area contributed by atoms with Gasteiger partial charge in [0.1, 0.15) is 11.7 Å². The van der Waals surface area contributed by atoms with Gasteiger partial charge in [-0.25, -0.2) is 14.6 Å². The minimum absolute atomic E-state index is 0.191. The Bertz CT molecular complexity index is 1820. The lowest BCUT2D eigenvalue weighted by Gasteiger charge is -2.37. The van der Waals surface area contributed by atoms with Gasteiger partial charge in [0, 0.05) is 30.5 Å². The predicted octanol–water partition coefficient (Wildman–Crippen LogP) is 7.62. The number of aromatic amines is 1. The third kappa shape index (κ3) is 6.13. The largest absolute Gasteiger partial charge is 0.481 e. The van der Waals surface area contributed by atoms with Gasteiger partial charge < -0.3 is 14.7 Å². The highest BCUT2D eigenvalue weighted by molar-refractivity contribution is 6.03. The first-order valence-corrected chi connectivity index (χ1v) is 16.4. The zero-order valence-corrected chi connectivity index (χ0v) is 27.3. The summed E-state index contributed by atoms with van der Waals surface area (Å²) in [6, 6.07) is 12.6. The van der Waals surface area contributed by atoms with Gasteiger partial charge in [0.2, 0.25) is 5.69 Å². The molecule has 9 heteroatoms. The second-order valence-corrected chi connectivity index (χ2v) is 13.7. The normalized spacial score (nSPS) is 23.3. The van der Waals surface area contributed by atoms with Gasteiger partial charge in [-0.05, 0) is 98.6 Å². The van der Waals surface area contributed by atoms with E-state index < -0.39 is 17.9 Å². The Morgan fingerprint density at radius 2 is 1.85 bits per heavy atom. The fourth-order valence-corrected chi connectivity index (χ4v) is 7.72. The van der Waals surface area contributed by atoms with E-state index in [0.717, 1.165) is 42.6 Å². The average Bonchev–Trinajstić information content (AvgIpc) is 3.59. The SMILES string of the molecule is [C-]#[N+]c1cn2[nH]c(-c3ccc(N4CCCC(C(=O)O)C4)c(Cc4cc(C)ccc4C)c3)nc2c1C(=O)OC1C(C)CC(C)CC1C. The van der Waals surface area contributed by atoms with Crippen LogP contribution in [0, 0.1) is 44.1 Å². The van der Waals surface area contributed by atoms with Crippen molar-refractivity contribution >= 4 is 29.0 Å². The van der Waals surface area contributed by atoms with Crippen LogP contribution in [0.5, 0.6) is 0 Å². The maximum absolute atomic E-state index is 13.6. The number of piperidine rings is 1. The van der Waals surface area contributed by atoms with Crippen LogP contribution in [0.4, 0.5) is 11.4 Å². The molecule has 1 saturated heterocycles. The number of benzene rings is 2. The number of nitrogens with zero attached hydrogens (tertiary/aromatic N) is 4. The van der Waals surface area contributed by atoms with Crippen LogP contribution >= 0.6 is 0 Å². The number of hydrogen-bond acceptors (Lipinski definition) is 5. The summed E-state index contributed by atoms with van der Waals surface area (Å²) in [7, 11) is 0. The molecule has 3 unspecified atom stereocenters. The van der Waals surface area contributed by atoms with Gasteiger partial charge in [-0.2, -0.15) is 0 Å². The Morgan fingerprint density at radius 3 is 2.57 bits per heavy atom. The highest BCUT2D eigenvalue weighted by atomic mass is 16.5. The van der Waals surface area contributed by atoms with Crippen molar-refractivity contribution in [2.75, 3.05) is 18.0 Å². The first-order chi connectivity index (χ1) is 22.0. The number of carbonyl (C=O) groups is 2. The van der Waals surface area contributed by atoms with Crippen molar-refractivity contribution in [3.63, 3.8) is 0 Å². The van der Waals surface area contributed by atoms with E-state index in [1.54, 1.807) is 10.7 Å². The van der Waals surface area contributed by atoms with Gasteiger partial charge in [0.05, 0.1) is 12.5 Å². The van der Waals surface area contributed by atoms with Crippen molar-refractivity contribution < 1.29 is 19.4 Å². The third-order valence-electron chi connectivity index (χ3n) is 9.99. The highest BCUT2D eigenvalue weighted by Gasteiger charge is 2.36. The number of aryl methyl sites for hydroxylation is 2. The van der Waals surface area contributed by atoms with E-state index in [-0.39, 0.29) is 29.2 Å². The van der Waals surface area contributed by atoms with Crippen LogP contribution in [0.15, 0.2) is 42.6 Å². The summed E-state index contributed by atoms with van der Waals surface area (Å²) in [5.74, 6) is -0.00408. The van der Waals surface area contributed by atoms with Gasteiger partial charge in [-0.15, -0.1) is 0 Å². The molecule has 1 aliphatic heterocycles. The number of hydrogen-bond donors (Lipinski definition) is 2. The van der Waals surface area contributed by atoms with Crippen molar-refractivity contribution in [3.8, 4) is 11.4 Å². The zero-order chi connectivity index (χ0) is 32.7. The highest BCUT2D eigenvalue weighted by Crippen LogP contribution is 2.37. The minimum atomic E-state index is -0.751. The van der Waals surface area contributed by atoms with E-state index in [1.165, 1.54) is 16.7 Å². The molecule has 2 N–H and O–H groups in total. The predicted molar refractivity (Wildman–Crippen MR) is 178 cm³/mol. The van der Waals surface area contributed by atoms with Gasteiger partial charge in [0.15, 0.2) is 11.5 Å². The van der Waals surface area contributed by atoms with Crippen molar-refractivity contribution in [1.29, 1.82) is 0 Å². The summed E-state index contributed by atoms with van der Waals surface area (Å²) in [5, 5.41) is 13.0. The van der Waals surface area contributed by atoms with Crippen molar-refractivity contribution in [3.05, 3.63) is 81.8 Å². The van der Waals surface area contributed by atoms with E-state index in [2.05, 4.69) is 79.8 Å². The lowest BCUT2D eigenvalue weighted by atomic mass is 9.75. The second kappa shape index (κ2) is 12.7. The van der Waals surface area contributed by atoms with E-state index in [9.17, 15) is 14.7 Å². The number of anilines is 1. The summed E-state index contributed by atoms with van der Waals surface area (Å²) in [5.41, 5.74) is 7.31. The summed E-state index contributed by atoms with van der Waals surface area (Å²) < 4.78 is 7.73.